The van der Waals surface area contributed by atoms with E-state index < -0.39 is 23.7 Å². The van der Waals surface area contributed by atoms with E-state index in [-0.39, 0.29) is 11.1 Å². The van der Waals surface area contributed by atoms with Gasteiger partial charge in [0.05, 0.1) is 16.8 Å². The van der Waals surface area contributed by atoms with Gasteiger partial charge in [-0.25, -0.2) is 4.79 Å². The van der Waals surface area contributed by atoms with Crippen LogP contribution in [-0.4, -0.2) is 27.8 Å². The molecule has 144 valence electrons. The second kappa shape index (κ2) is 7.67. The predicted octanol–water partition coefficient (Wildman–Crippen LogP) is 3.47. The number of benzene rings is 2. The highest BCUT2D eigenvalue weighted by atomic mass is 16.7. The molecular weight excluding hydrogens is 368 g/mol. The van der Waals surface area contributed by atoms with E-state index in [1.807, 2.05) is 43.3 Å². The number of imide groups is 1. The zero-order valence-electron chi connectivity index (χ0n) is 15.7. The lowest BCUT2D eigenvalue weighted by atomic mass is 9.93. The Morgan fingerprint density at radius 1 is 0.931 bits per heavy atom. The number of carbonyl (C=O) groups excluding carboxylic acids is 3. The number of amides is 2. The SMILES string of the molecule is Cc1cccnc1C(Cc1ccccc1)C(=O)ON1C(=O)c2ccccc2C1=O. The lowest BCUT2D eigenvalue weighted by Gasteiger charge is -2.20. The van der Waals surface area contributed by atoms with Gasteiger partial charge in [0.2, 0.25) is 0 Å². The fourth-order valence-corrected chi connectivity index (χ4v) is 3.41. The second-order valence-electron chi connectivity index (χ2n) is 6.81. The van der Waals surface area contributed by atoms with E-state index in [0.29, 0.717) is 17.2 Å². The quantitative estimate of drug-likeness (QED) is 0.628. The number of pyridine rings is 1. The molecule has 1 aromatic heterocycles. The van der Waals surface area contributed by atoms with Gasteiger partial charge >= 0.3 is 5.97 Å². The first kappa shape index (κ1) is 18.6. The third kappa shape index (κ3) is 3.52. The molecule has 0 saturated heterocycles. The summed E-state index contributed by atoms with van der Waals surface area (Å²) < 4.78 is 0. The van der Waals surface area contributed by atoms with Crippen molar-refractivity contribution < 1.29 is 19.2 Å². The van der Waals surface area contributed by atoms with Gasteiger partial charge in [-0.15, -0.1) is 0 Å². The van der Waals surface area contributed by atoms with Crippen LogP contribution >= 0.6 is 0 Å². The summed E-state index contributed by atoms with van der Waals surface area (Å²) in [5, 5.41) is 0.545. The number of hydrogen-bond acceptors (Lipinski definition) is 5. The minimum atomic E-state index is -0.761. The Morgan fingerprint density at radius 2 is 1.55 bits per heavy atom. The van der Waals surface area contributed by atoms with Gasteiger partial charge in [-0.3, -0.25) is 14.6 Å². The molecule has 1 aliphatic heterocycles. The van der Waals surface area contributed by atoms with Crippen LogP contribution in [0.25, 0.3) is 0 Å². The molecule has 0 saturated carbocycles. The van der Waals surface area contributed by atoms with E-state index in [2.05, 4.69) is 4.98 Å². The number of carbonyl (C=O) groups is 3. The monoisotopic (exact) mass is 386 g/mol. The molecule has 6 nitrogen and oxygen atoms in total. The van der Waals surface area contributed by atoms with Gasteiger partial charge in [0.25, 0.3) is 11.8 Å². The highest BCUT2D eigenvalue weighted by Crippen LogP contribution is 2.27. The van der Waals surface area contributed by atoms with E-state index >= 15 is 0 Å². The van der Waals surface area contributed by atoms with Gasteiger partial charge < -0.3 is 4.84 Å². The summed E-state index contributed by atoms with van der Waals surface area (Å²) in [7, 11) is 0. The van der Waals surface area contributed by atoms with E-state index in [9.17, 15) is 14.4 Å². The molecule has 0 N–H and O–H groups in total. The minimum absolute atomic E-state index is 0.221. The van der Waals surface area contributed by atoms with Gasteiger partial charge in [-0.2, -0.15) is 0 Å². The Morgan fingerprint density at radius 3 is 2.17 bits per heavy atom. The molecule has 0 fully saturated rings. The summed E-state index contributed by atoms with van der Waals surface area (Å²) in [4.78, 5) is 47.8. The maximum absolute atomic E-state index is 13.1. The number of nitrogens with zero attached hydrogens (tertiary/aromatic N) is 2. The smallest absolute Gasteiger partial charge is 0.329 e. The van der Waals surface area contributed by atoms with Crippen molar-refractivity contribution in [3.8, 4) is 0 Å². The Bertz CT molecular complexity index is 1060. The Labute approximate surface area is 167 Å². The van der Waals surface area contributed by atoms with Crippen molar-refractivity contribution >= 4 is 17.8 Å². The molecule has 1 unspecified atom stereocenters. The van der Waals surface area contributed by atoms with E-state index in [4.69, 9.17) is 4.84 Å². The standard InChI is InChI=1S/C23H18N2O4/c1-15-8-7-13-24-20(15)19(14-16-9-3-2-4-10-16)23(28)29-25-21(26)17-11-5-6-12-18(17)22(25)27/h2-13,19H,14H2,1H3. The lowest BCUT2D eigenvalue weighted by molar-refractivity contribution is -0.170. The molecule has 0 spiro atoms. The van der Waals surface area contributed by atoms with Crippen molar-refractivity contribution in [3.63, 3.8) is 0 Å². The maximum Gasteiger partial charge on any atom is 0.342 e. The Balaban J connectivity index is 1.63. The van der Waals surface area contributed by atoms with Crippen LogP contribution in [0.5, 0.6) is 0 Å². The van der Waals surface area contributed by atoms with E-state index in [0.717, 1.165) is 11.1 Å². The van der Waals surface area contributed by atoms with Crippen molar-refractivity contribution in [1.29, 1.82) is 0 Å². The molecule has 1 aliphatic rings. The molecule has 6 heteroatoms. The van der Waals surface area contributed by atoms with Crippen molar-refractivity contribution in [2.45, 2.75) is 19.3 Å². The van der Waals surface area contributed by atoms with Crippen LogP contribution in [0.4, 0.5) is 0 Å². The van der Waals surface area contributed by atoms with Crippen molar-refractivity contribution in [2.24, 2.45) is 0 Å². The van der Waals surface area contributed by atoms with Gasteiger partial charge in [-0.1, -0.05) is 53.6 Å². The van der Waals surface area contributed by atoms with Gasteiger partial charge in [0.15, 0.2) is 0 Å². The molecule has 2 aromatic carbocycles. The van der Waals surface area contributed by atoms with Crippen LogP contribution in [0.3, 0.4) is 0 Å². The molecule has 0 aliphatic carbocycles. The number of aromatic nitrogens is 1. The summed E-state index contributed by atoms with van der Waals surface area (Å²) in [6.07, 6.45) is 1.94. The topological polar surface area (TPSA) is 76.6 Å². The largest absolute Gasteiger partial charge is 0.342 e. The summed E-state index contributed by atoms with van der Waals surface area (Å²) >= 11 is 0. The second-order valence-corrected chi connectivity index (χ2v) is 6.81. The third-order valence-corrected chi connectivity index (χ3v) is 4.89. The first-order valence-electron chi connectivity index (χ1n) is 9.21. The highest BCUT2D eigenvalue weighted by Gasteiger charge is 2.40. The number of fused-ring (bicyclic) bond motifs is 1. The van der Waals surface area contributed by atoms with Crippen LogP contribution in [0.15, 0.2) is 72.9 Å². The van der Waals surface area contributed by atoms with Crippen molar-refractivity contribution in [2.75, 3.05) is 0 Å². The van der Waals surface area contributed by atoms with Crippen molar-refractivity contribution in [1.82, 2.24) is 10.0 Å². The Kier molecular flexibility index (Phi) is 4.91. The molecule has 4 rings (SSSR count). The molecule has 2 amide bonds. The number of rotatable bonds is 5. The first-order valence-corrected chi connectivity index (χ1v) is 9.21. The number of hydrogen-bond donors (Lipinski definition) is 0. The average Bonchev–Trinajstić information content (AvgIpc) is 2.98. The zero-order valence-corrected chi connectivity index (χ0v) is 15.7. The summed E-state index contributed by atoms with van der Waals surface area (Å²) in [5.74, 6) is -2.75. The molecule has 0 bridgehead atoms. The van der Waals surface area contributed by atoms with Gasteiger partial charge in [0, 0.05) is 6.20 Å². The molecule has 0 radical (unpaired) electrons. The van der Waals surface area contributed by atoms with E-state index in [1.54, 1.807) is 24.4 Å². The van der Waals surface area contributed by atoms with Crippen molar-refractivity contribution in [3.05, 3.63) is 101 Å². The lowest BCUT2D eigenvalue weighted by Crippen LogP contribution is -2.35. The number of aryl methyl sites for hydroxylation is 1. The third-order valence-electron chi connectivity index (χ3n) is 4.89. The van der Waals surface area contributed by atoms with Crippen LogP contribution in [0, 0.1) is 6.92 Å². The summed E-state index contributed by atoms with van der Waals surface area (Å²) in [6.45, 7) is 1.86. The zero-order chi connectivity index (χ0) is 20.4. The van der Waals surface area contributed by atoms with Gasteiger partial charge in [-0.05, 0) is 42.7 Å². The molecule has 29 heavy (non-hydrogen) atoms. The highest BCUT2D eigenvalue weighted by molar-refractivity contribution is 6.20. The van der Waals surface area contributed by atoms with Gasteiger partial charge in [0.1, 0.15) is 5.92 Å². The molecule has 1 atom stereocenters. The molecular formula is C23H18N2O4. The normalized spacial score (nSPS) is 13.9. The summed E-state index contributed by atoms with van der Waals surface area (Å²) in [5.41, 5.74) is 2.74. The fraction of sp³-hybridized carbons (Fsp3) is 0.130. The molecule has 2 heterocycles. The minimum Gasteiger partial charge on any atom is -0.329 e. The first-order chi connectivity index (χ1) is 14.1. The van der Waals surface area contributed by atoms with Crippen LogP contribution in [-0.2, 0) is 16.1 Å². The van der Waals surface area contributed by atoms with Crippen LogP contribution in [0.2, 0.25) is 0 Å². The Hall–Kier alpha value is -3.80. The van der Waals surface area contributed by atoms with Crippen LogP contribution < -0.4 is 0 Å². The summed E-state index contributed by atoms with van der Waals surface area (Å²) in [6, 6.07) is 19.5. The van der Waals surface area contributed by atoms with Crippen LogP contribution in [0.1, 0.15) is 43.5 Å². The predicted molar refractivity (Wildman–Crippen MR) is 105 cm³/mol. The maximum atomic E-state index is 13.1. The fourth-order valence-electron chi connectivity index (χ4n) is 3.41. The number of hydroxylamine groups is 2. The van der Waals surface area contributed by atoms with E-state index in [1.165, 1.54) is 12.1 Å². The average molecular weight is 386 g/mol. The molecule has 3 aromatic rings.